The molecule has 0 atom stereocenters. The molecule has 6 heteroatoms. The summed E-state index contributed by atoms with van der Waals surface area (Å²) < 4.78 is 17.8. The van der Waals surface area contributed by atoms with Gasteiger partial charge in [0.05, 0.1) is 0 Å². The maximum Gasteiger partial charge on any atom is 0.361 e. The van der Waals surface area contributed by atoms with Crippen LogP contribution in [0.3, 0.4) is 0 Å². The van der Waals surface area contributed by atoms with Gasteiger partial charge in [-0.15, -0.1) is 0 Å². The van der Waals surface area contributed by atoms with E-state index >= 15 is 0 Å². The SMILES string of the molecule is Cc1cccc(Cc2nc(C(=O)OCc3ccc(OCc4ccccc4)cc3)c(-c3c[nH]c4ccccc34)o2)c1. The highest BCUT2D eigenvalue weighted by molar-refractivity contribution is 6.01. The van der Waals surface area contributed by atoms with E-state index in [0.717, 1.165) is 44.5 Å². The van der Waals surface area contributed by atoms with E-state index in [9.17, 15) is 4.79 Å². The van der Waals surface area contributed by atoms with Gasteiger partial charge in [0.1, 0.15) is 19.0 Å². The van der Waals surface area contributed by atoms with E-state index < -0.39 is 5.97 Å². The topological polar surface area (TPSA) is 77.4 Å². The Morgan fingerprint density at radius 3 is 2.40 bits per heavy atom. The lowest BCUT2D eigenvalue weighted by molar-refractivity contribution is 0.0467. The number of ether oxygens (including phenoxy) is 2. The predicted octanol–water partition coefficient (Wildman–Crippen LogP) is 7.66. The van der Waals surface area contributed by atoms with Gasteiger partial charge in [-0.1, -0.05) is 90.5 Å². The van der Waals surface area contributed by atoms with Crippen LogP contribution < -0.4 is 4.74 Å². The van der Waals surface area contributed by atoms with Crippen molar-refractivity contribution < 1.29 is 18.7 Å². The van der Waals surface area contributed by atoms with Crippen LogP contribution in [0.15, 0.2) is 114 Å². The Labute approximate surface area is 232 Å². The first-order chi connectivity index (χ1) is 19.6. The number of aryl methyl sites for hydroxylation is 1. The average Bonchev–Trinajstić information content (AvgIpc) is 3.60. The van der Waals surface area contributed by atoms with Gasteiger partial charge in [0, 0.05) is 29.1 Å². The highest BCUT2D eigenvalue weighted by Gasteiger charge is 2.25. The van der Waals surface area contributed by atoms with E-state index in [4.69, 9.17) is 13.9 Å². The maximum atomic E-state index is 13.3. The van der Waals surface area contributed by atoms with Crippen LogP contribution in [0.1, 0.15) is 38.6 Å². The Morgan fingerprint density at radius 2 is 1.57 bits per heavy atom. The number of oxazole rings is 1. The number of nitrogens with one attached hydrogen (secondary N) is 1. The van der Waals surface area contributed by atoms with E-state index in [2.05, 4.69) is 16.0 Å². The third-order valence-corrected chi connectivity index (χ3v) is 6.68. The molecule has 4 aromatic carbocycles. The standard InChI is InChI=1S/C34H28N2O4/c1-23-8-7-11-26(18-23)19-31-36-32(33(40-31)29-20-35-30-13-6-5-12-28(29)30)34(37)39-22-25-14-16-27(17-15-25)38-21-24-9-3-2-4-10-24/h2-18,20,35H,19,21-22H2,1H3. The molecule has 2 aromatic heterocycles. The van der Waals surface area contributed by atoms with Crippen molar-refractivity contribution >= 4 is 16.9 Å². The van der Waals surface area contributed by atoms with Crippen LogP contribution in [0.25, 0.3) is 22.2 Å². The molecule has 1 N–H and O–H groups in total. The van der Waals surface area contributed by atoms with Gasteiger partial charge in [0.25, 0.3) is 0 Å². The third-order valence-electron chi connectivity index (χ3n) is 6.68. The number of carbonyl (C=O) groups excluding carboxylic acids is 1. The lowest BCUT2D eigenvalue weighted by atomic mass is 10.1. The van der Waals surface area contributed by atoms with Crippen molar-refractivity contribution in [1.82, 2.24) is 9.97 Å². The molecule has 0 saturated carbocycles. The van der Waals surface area contributed by atoms with E-state index in [0.29, 0.717) is 24.7 Å². The van der Waals surface area contributed by atoms with Crippen molar-refractivity contribution in [1.29, 1.82) is 0 Å². The first-order valence-corrected chi connectivity index (χ1v) is 13.2. The second-order valence-corrected chi connectivity index (χ2v) is 9.69. The van der Waals surface area contributed by atoms with Gasteiger partial charge in [0.2, 0.25) is 0 Å². The van der Waals surface area contributed by atoms with Gasteiger partial charge in [-0.2, -0.15) is 0 Å². The monoisotopic (exact) mass is 528 g/mol. The number of para-hydroxylation sites is 1. The van der Waals surface area contributed by atoms with E-state index in [1.165, 1.54) is 0 Å². The molecule has 0 fully saturated rings. The molecule has 6 rings (SSSR count). The summed E-state index contributed by atoms with van der Waals surface area (Å²) in [6, 6.07) is 33.6. The second kappa shape index (κ2) is 11.3. The second-order valence-electron chi connectivity index (χ2n) is 9.69. The number of nitrogens with zero attached hydrogens (tertiary/aromatic N) is 1. The van der Waals surface area contributed by atoms with Gasteiger partial charge in [0.15, 0.2) is 17.3 Å². The summed E-state index contributed by atoms with van der Waals surface area (Å²) in [5, 5.41) is 0.945. The van der Waals surface area contributed by atoms with E-state index in [1.54, 1.807) is 0 Å². The Hall–Kier alpha value is -5.10. The first kappa shape index (κ1) is 25.2. The first-order valence-electron chi connectivity index (χ1n) is 13.2. The summed E-state index contributed by atoms with van der Waals surface area (Å²) in [5.41, 5.74) is 6.03. The number of fused-ring (bicyclic) bond motifs is 1. The molecule has 6 nitrogen and oxygen atoms in total. The largest absolute Gasteiger partial charge is 0.489 e. The maximum absolute atomic E-state index is 13.3. The zero-order chi connectivity index (χ0) is 27.3. The van der Waals surface area contributed by atoms with Crippen LogP contribution in [-0.2, 0) is 24.4 Å². The van der Waals surface area contributed by atoms with Gasteiger partial charge < -0.3 is 18.9 Å². The van der Waals surface area contributed by atoms with Crippen molar-refractivity contribution in [3.05, 3.63) is 143 Å². The average molecular weight is 529 g/mol. The molecule has 198 valence electrons. The number of H-pyrrole nitrogens is 1. The molecule has 0 bridgehead atoms. The summed E-state index contributed by atoms with van der Waals surface area (Å²) in [5.74, 6) is 1.06. The van der Waals surface area contributed by atoms with Gasteiger partial charge in [-0.3, -0.25) is 0 Å². The summed E-state index contributed by atoms with van der Waals surface area (Å²) in [6.07, 6.45) is 2.31. The molecular formula is C34H28N2O4. The molecule has 6 aromatic rings. The lowest BCUT2D eigenvalue weighted by Gasteiger charge is -2.08. The zero-order valence-corrected chi connectivity index (χ0v) is 22.1. The third kappa shape index (κ3) is 5.66. The molecule has 40 heavy (non-hydrogen) atoms. The molecule has 0 aliphatic heterocycles. The molecular weight excluding hydrogens is 500 g/mol. The van der Waals surface area contributed by atoms with Crippen LogP contribution in [0.5, 0.6) is 5.75 Å². The minimum absolute atomic E-state index is 0.102. The smallest absolute Gasteiger partial charge is 0.361 e. The number of aromatic nitrogens is 2. The Kier molecular flexibility index (Phi) is 7.14. The van der Waals surface area contributed by atoms with Gasteiger partial charge in [-0.25, -0.2) is 9.78 Å². The zero-order valence-electron chi connectivity index (χ0n) is 22.1. The molecule has 0 spiro atoms. The fraction of sp³-hybridized carbons (Fsp3) is 0.118. The van der Waals surface area contributed by atoms with Gasteiger partial charge in [-0.05, 0) is 41.8 Å². The van der Waals surface area contributed by atoms with Crippen molar-refractivity contribution in [3.63, 3.8) is 0 Å². The summed E-state index contributed by atoms with van der Waals surface area (Å²) >= 11 is 0. The molecule has 0 unspecified atom stereocenters. The predicted molar refractivity (Wildman–Crippen MR) is 154 cm³/mol. The minimum Gasteiger partial charge on any atom is -0.489 e. The Morgan fingerprint density at radius 1 is 0.825 bits per heavy atom. The number of hydrogen-bond acceptors (Lipinski definition) is 5. The summed E-state index contributed by atoms with van der Waals surface area (Å²) in [7, 11) is 0. The number of hydrogen-bond donors (Lipinski definition) is 1. The Bertz CT molecular complexity index is 1750. The van der Waals surface area contributed by atoms with Crippen LogP contribution in [0.2, 0.25) is 0 Å². The van der Waals surface area contributed by atoms with Crippen LogP contribution >= 0.6 is 0 Å². The van der Waals surface area contributed by atoms with Crippen molar-refractivity contribution in [2.45, 2.75) is 26.6 Å². The highest BCUT2D eigenvalue weighted by atomic mass is 16.5. The molecule has 2 heterocycles. The van der Waals surface area contributed by atoms with Crippen molar-refractivity contribution in [2.75, 3.05) is 0 Å². The highest BCUT2D eigenvalue weighted by Crippen LogP contribution is 2.33. The number of benzene rings is 4. The molecule has 0 saturated heterocycles. The van der Waals surface area contributed by atoms with Crippen LogP contribution in [0.4, 0.5) is 0 Å². The lowest BCUT2D eigenvalue weighted by Crippen LogP contribution is -2.07. The fourth-order valence-corrected chi connectivity index (χ4v) is 4.66. The number of carbonyl (C=O) groups is 1. The number of rotatable bonds is 9. The van der Waals surface area contributed by atoms with Crippen molar-refractivity contribution in [3.8, 4) is 17.1 Å². The number of aromatic amines is 1. The molecule has 0 aliphatic carbocycles. The van der Waals surface area contributed by atoms with Crippen LogP contribution in [-0.4, -0.2) is 15.9 Å². The molecule has 0 aliphatic rings. The summed E-state index contributed by atoms with van der Waals surface area (Å²) in [4.78, 5) is 21.2. The van der Waals surface area contributed by atoms with Gasteiger partial charge >= 0.3 is 5.97 Å². The van der Waals surface area contributed by atoms with Crippen molar-refractivity contribution in [2.24, 2.45) is 0 Å². The fourth-order valence-electron chi connectivity index (χ4n) is 4.66. The molecule has 0 amide bonds. The Balaban J connectivity index is 1.20. The number of esters is 1. The molecule has 0 radical (unpaired) electrons. The van der Waals surface area contributed by atoms with E-state index in [1.807, 2.05) is 110 Å². The normalized spacial score (nSPS) is 11.0. The van der Waals surface area contributed by atoms with Crippen LogP contribution in [0, 0.1) is 6.92 Å². The quantitative estimate of drug-likeness (QED) is 0.195. The van der Waals surface area contributed by atoms with E-state index in [-0.39, 0.29) is 12.3 Å². The summed E-state index contributed by atoms with van der Waals surface area (Å²) in [6.45, 7) is 2.63. The minimum atomic E-state index is -0.538.